The first kappa shape index (κ1) is 26.7. The molecule has 2 amide bonds. The molecule has 2 aliphatic heterocycles. The number of anilines is 1. The number of hydrogen-bond acceptors (Lipinski definition) is 8. The van der Waals surface area contributed by atoms with Crippen molar-refractivity contribution in [1.29, 1.82) is 0 Å². The third-order valence-electron chi connectivity index (χ3n) is 7.64. The average Bonchev–Trinajstić information content (AvgIpc) is 3.43. The lowest BCUT2D eigenvalue weighted by molar-refractivity contribution is 0.0519. The number of imide groups is 1. The summed E-state index contributed by atoms with van der Waals surface area (Å²) in [6.45, 7) is 6.28. The molecule has 0 aliphatic carbocycles. The average molecular weight is 557 g/mol. The highest BCUT2D eigenvalue weighted by Gasteiger charge is 2.39. The van der Waals surface area contributed by atoms with Crippen LogP contribution in [0.4, 0.5) is 5.69 Å². The number of imidazole rings is 1. The summed E-state index contributed by atoms with van der Waals surface area (Å²) in [4.78, 5) is 52.9. The zero-order valence-electron chi connectivity index (χ0n) is 23.2. The second-order valence-corrected chi connectivity index (χ2v) is 11.0. The molecular formula is C30H32N6O5. The number of aliphatic hydroxyl groups excluding tert-OH is 1. The molecule has 0 bridgehead atoms. The zero-order valence-corrected chi connectivity index (χ0v) is 23.2. The van der Waals surface area contributed by atoms with E-state index in [2.05, 4.69) is 25.2 Å². The van der Waals surface area contributed by atoms with Gasteiger partial charge in [-0.05, 0) is 50.7 Å². The number of amides is 2. The van der Waals surface area contributed by atoms with Gasteiger partial charge >= 0.3 is 0 Å². The van der Waals surface area contributed by atoms with Gasteiger partial charge in [0, 0.05) is 38.3 Å². The fourth-order valence-electron chi connectivity index (χ4n) is 5.57. The Morgan fingerprint density at radius 3 is 2.59 bits per heavy atom. The van der Waals surface area contributed by atoms with Crippen LogP contribution in [0.2, 0.25) is 0 Å². The number of hydrogen-bond donors (Lipinski definition) is 4. The lowest BCUT2D eigenvalue weighted by atomic mass is 10.0. The number of aromatic amines is 2. The van der Waals surface area contributed by atoms with Gasteiger partial charge in [0.05, 0.1) is 27.8 Å². The molecule has 4 heterocycles. The van der Waals surface area contributed by atoms with E-state index in [9.17, 15) is 19.5 Å². The molecule has 41 heavy (non-hydrogen) atoms. The maximum Gasteiger partial charge on any atom is 0.261 e. The number of ether oxygens (including phenoxy) is 1. The van der Waals surface area contributed by atoms with Crippen molar-refractivity contribution in [3.8, 4) is 17.1 Å². The molecule has 1 unspecified atom stereocenters. The molecule has 2 aromatic heterocycles. The number of pyridine rings is 1. The van der Waals surface area contributed by atoms with Crippen LogP contribution >= 0.6 is 0 Å². The lowest BCUT2D eigenvalue weighted by Crippen LogP contribution is -2.50. The maximum atomic E-state index is 13.1. The van der Waals surface area contributed by atoms with Crippen molar-refractivity contribution in [2.24, 2.45) is 5.92 Å². The summed E-state index contributed by atoms with van der Waals surface area (Å²) in [5.41, 5.74) is 4.12. The summed E-state index contributed by atoms with van der Waals surface area (Å²) in [6, 6.07) is 10.8. The normalized spacial score (nSPS) is 16.2. The van der Waals surface area contributed by atoms with Gasteiger partial charge < -0.3 is 30.0 Å². The largest absolute Gasteiger partial charge is 0.491 e. The number of rotatable bonds is 9. The van der Waals surface area contributed by atoms with E-state index in [1.54, 1.807) is 18.2 Å². The highest BCUT2D eigenvalue weighted by Crippen LogP contribution is 2.31. The number of aryl methyl sites for hydroxylation is 2. The minimum absolute atomic E-state index is 0.0716. The van der Waals surface area contributed by atoms with Crippen LogP contribution in [0.3, 0.4) is 0 Å². The Labute approximate surface area is 236 Å². The van der Waals surface area contributed by atoms with Crippen LogP contribution in [0.1, 0.15) is 31.8 Å². The maximum absolute atomic E-state index is 13.1. The number of H-pyrrole nitrogens is 2. The lowest BCUT2D eigenvalue weighted by Gasteiger charge is -2.37. The number of fused-ring (bicyclic) bond motifs is 2. The van der Waals surface area contributed by atoms with E-state index in [0.29, 0.717) is 40.1 Å². The van der Waals surface area contributed by atoms with Crippen molar-refractivity contribution in [3.05, 3.63) is 75.2 Å². The number of aromatic nitrogens is 3. The smallest absolute Gasteiger partial charge is 0.261 e. The zero-order chi connectivity index (χ0) is 28.8. The third-order valence-corrected chi connectivity index (χ3v) is 7.64. The second-order valence-electron chi connectivity index (χ2n) is 11.0. The molecular weight excluding hydrogens is 524 g/mol. The Morgan fingerprint density at radius 1 is 1.10 bits per heavy atom. The van der Waals surface area contributed by atoms with Gasteiger partial charge in [0.1, 0.15) is 29.8 Å². The molecule has 4 N–H and O–H groups in total. The first-order valence-electron chi connectivity index (χ1n) is 13.6. The Bertz CT molecular complexity index is 1670. The van der Waals surface area contributed by atoms with E-state index in [-0.39, 0.29) is 47.8 Å². The minimum atomic E-state index is -0.846. The predicted octanol–water partition coefficient (Wildman–Crippen LogP) is 2.54. The van der Waals surface area contributed by atoms with Crippen molar-refractivity contribution in [3.63, 3.8) is 0 Å². The Morgan fingerprint density at radius 2 is 1.85 bits per heavy atom. The van der Waals surface area contributed by atoms with Crippen LogP contribution in [-0.2, 0) is 0 Å². The summed E-state index contributed by atoms with van der Waals surface area (Å²) in [5, 5.41) is 13.7. The molecule has 1 fully saturated rings. The summed E-state index contributed by atoms with van der Waals surface area (Å²) >= 11 is 0. The SMILES string of the molecule is Cc1ccc(OCC(O)CNc2cc[nH]c(=O)c2-c2nc3cc4c(cc3[nH]2)C(=O)N(CC2CN(C)C2)C4=O)c(C)c1. The van der Waals surface area contributed by atoms with Gasteiger partial charge in [-0.1, -0.05) is 17.7 Å². The van der Waals surface area contributed by atoms with Gasteiger partial charge in [0.25, 0.3) is 17.4 Å². The van der Waals surface area contributed by atoms with Gasteiger partial charge in [0.15, 0.2) is 0 Å². The Hall–Kier alpha value is -4.48. The molecule has 6 rings (SSSR count). The van der Waals surface area contributed by atoms with Gasteiger partial charge in [-0.25, -0.2) is 4.98 Å². The number of aliphatic hydroxyl groups is 1. The summed E-state index contributed by atoms with van der Waals surface area (Å²) < 4.78 is 5.78. The van der Waals surface area contributed by atoms with Crippen LogP contribution in [0.25, 0.3) is 22.4 Å². The molecule has 0 radical (unpaired) electrons. The molecule has 1 saturated heterocycles. The summed E-state index contributed by atoms with van der Waals surface area (Å²) in [6.07, 6.45) is 0.664. The van der Waals surface area contributed by atoms with Gasteiger partial charge in [-0.2, -0.15) is 0 Å². The molecule has 11 heteroatoms. The van der Waals surface area contributed by atoms with Gasteiger partial charge in [-0.15, -0.1) is 0 Å². The summed E-state index contributed by atoms with van der Waals surface area (Å²) in [5.74, 6) is 0.640. The second kappa shape index (κ2) is 10.5. The summed E-state index contributed by atoms with van der Waals surface area (Å²) in [7, 11) is 2.01. The number of nitrogens with zero attached hydrogens (tertiary/aromatic N) is 3. The number of benzene rings is 2. The van der Waals surface area contributed by atoms with Crippen LogP contribution < -0.4 is 15.6 Å². The van der Waals surface area contributed by atoms with Crippen LogP contribution in [-0.4, -0.2) is 87.6 Å². The van der Waals surface area contributed by atoms with Gasteiger partial charge in [-0.3, -0.25) is 19.3 Å². The Balaban J connectivity index is 1.19. The molecule has 0 spiro atoms. The van der Waals surface area contributed by atoms with Crippen molar-refractivity contribution < 1.29 is 19.4 Å². The molecule has 2 aromatic carbocycles. The van der Waals surface area contributed by atoms with E-state index >= 15 is 0 Å². The van der Waals surface area contributed by atoms with Crippen LogP contribution in [0, 0.1) is 19.8 Å². The molecule has 11 nitrogen and oxygen atoms in total. The monoisotopic (exact) mass is 556 g/mol. The van der Waals surface area contributed by atoms with Crippen molar-refractivity contribution in [2.45, 2.75) is 20.0 Å². The van der Waals surface area contributed by atoms with Crippen molar-refractivity contribution >= 4 is 28.5 Å². The van der Waals surface area contributed by atoms with Crippen LogP contribution in [0.15, 0.2) is 47.4 Å². The molecule has 2 aliphatic rings. The van der Waals surface area contributed by atoms with Crippen molar-refractivity contribution in [1.82, 2.24) is 24.8 Å². The predicted molar refractivity (Wildman–Crippen MR) is 154 cm³/mol. The fraction of sp³-hybridized carbons (Fsp3) is 0.333. The highest BCUT2D eigenvalue weighted by molar-refractivity contribution is 6.22. The fourth-order valence-corrected chi connectivity index (χ4v) is 5.57. The van der Waals surface area contributed by atoms with E-state index in [1.807, 2.05) is 39.1 Å². The van der Waals surface area contributed by atoms with E-state index in [4.69, 9.17) is 4.74 Å². The Kier molecular flexibility index (Phi) is 6.84. The molecule has 212 valence electrons. The van der Waals surface area contributed by atoms with Crippen LogP contribution in [0.5, 0.6) is 5.75 Å². The number of likely N-dealkylation sites (tertiary alicyclic amines) is 1. The highest BCUT2D eigenvalue weighted by atomic mass is 16.5. The van der Waals surface area contributed by atoms with E-state index in [0.717, 1.165) is 24.2 Å². The van der Waals surface area contributed by atoms with E-state index in [1.165, 1.54) is 11.1 Å². The third kappa shape index (κ3) is 5.09. The molecule has 1 atom stereocenters. The standard InChI is InChI=1S/C30H32N6O5/c1-16-4-5-25(17(2)8-16)41-15-19(37)11-32-22-6-7-31-28(38)26(22)27-33-23-9-20-21(10-24(23)34-27)30(40)36(29(20)39)14-18-12-35(3)13-18/h4-10,18-19,37H,11-15H2,1-3H3,(H,33,34)(H2,31,32,38). The minimum Gasteiger partial charge on any atom is -0.491 e. The topological polar surface area (TPSA) is 144 Å². The first-order valence-corrected chi connectivity index (χ1v) is 13.6. The molecule has 0 saturated carbocycles. The molecule has 4 aromatic rings. The number of carbonyl (C=O) groups excluding carboxylic acids is 2. The number of carbonyl (C=O) groups is 2. The van der Waals surface area contributed by atoms with Gasteiger partial charge in [0.2, 0.25) is 0 Å². The quantitative estimate of drug-likeness (QED) is 0.230. The number of nitrogens with one attached hydrogen (secondary N) is 3. The van der Waals surface area contributed by atoms with Crippen molar-refractivity contribution in [2.75, 3.05) is 45.2 Å². The first-order chi connectivity index (χ1) is 19.7. The van der Waals surface area contributed by atoms with E-state index < -0.39 is 6.10 Å².